The average Bonchev–Trinajstić information content (AvgIpc) is 2.23. The van der Waals surface area contributed by atoms with Crippen LogP contribution in [0.5, 0.6) is 5.75 Å². The third-order valence-corrected chi connectivity index (χ3v) is 2.51. The first kappa shape index (κ1) is 21.1. The lowest BCUT2D eigenvalue weighted by molar-refractivity contribution is 0.403. The summed E-state index contributed by atoms with van der Waals surface area (Å²) in [5.74, 6) is 0.226. The number of aromatic hydroxyl groups is 1. The average molecular weight is 443 g/mol. The molecule has 1 rings (SSSR count). The molecule has 19 heavy (non-hydrogen) atoms. The van der Waals surface area contributed by atoms with Gasteiger partial charge in [-0.2, -0.15) is 0 Å². The van der Waals surface area contributed by atoms with E-state index in [-0.39, 0.29) is 5.75 Å². The molecule has 0 heterocycles. The number of nitrogens with one attached hydrogen (secondary N) is 1. The van der Waals surface area contributed by atoms with Gasteiger partial charge in [-0.25, -0.2) is 0 Å². The molecule has 0 bridgehead atoms. The van der Waals surface area contributed by atoms with Crippen LogP contribution in [0.2, 0.25) is 0 Å². The first-order valence-corrected chi connectivity index (χ1v) is 8.09. The molecule has 0 fully saturated rings. The normalized spacial score (nSPS) is 8.37. The molecule has 12 heteroatoms. The molecule has 1 aromatic carbocycles. The van der Waals surface area contributed by atoms with E-state index in [4.69, 9.17) is 28.7 Å². The molecule has 8 nitrogen and oxygen atoms in total. The second-order valence-electron chi connectivity index (χ2n) is 2.54. The van der Waals surface area contributed by atoms with E-state index in [9.17, 15) is 5.11 Å². The fourth-order valence-electron chi connectivity index (χ4n) is 0.710. The summed E-state index contributed by atoms with van der Waals surface area (Å²) in [7, 11) is -3.92. The Hall–Kier alpha value is -0.180. The molecule has 0 spiro atoms. The van der Waals surface area contributed by atoms with Crippen molar-refractivity contribution in [1.82, 2.24) is 0 Å². The van der Waals surface area contributed by atoms with Crippen LogP contribution in [0.4, 0.5) is 5.69 Å². The third-order valence-electron chi connectivity index (χ3n) is 1.31. The van der Waals surface area contributed by atoms with Crippen LogP contribution in [0.1, 0.15) is 0 Å². The second kappa shape index (κ2) is 11.6. The van der Waals surface area contributed by atoms with Crippen LogP contribution in [-0.4, -0.2) is 31.7 Å². The minimum absolute atomic E-state index is 0.226. The lowest BCUT2D eigenvalue weighted by Crippen LogP contribution is -1.87. The highest BCUT2D eigenvalue weighted by Gasteiger charge is 2.03. The molecule has 0 saturated heterocycles. The molecule has 0 aliphatic rings. The zero-order valence-corrected chi connectivity index (χ0v) is 14.3. The van der Waals surface area contributed by atoms with Gasteiger partial charge >= 0.3 is 16.5 Å². The Kier molecular flexibility index (Phi) is 12.9. The minimum atomic E-state index is -2.87. The number of halogens is 2. The van der Waals surface area contributed by atoms with E-state index >= 15 is 0 Å². The highest BCUT2D eigenvalue weighted by atomic mass is 79.9. The van der Waals surface area contributed by atoms with E-state index in [1.54, 1.807) is 12.1 Å². The van der Waals surface area contributed by atoms with Gasteiger partial charge in [-0.3, -0.25) is 0 Å². The smallest absolute Gasteiger partial charge is 0.506 e. The summed E-state index contributed by atoms with van der Waals surface area (Å²) in [5.41, 5.74) is 0.946. The molecule has 1 aromatic rings. The Morgan fingerprint density at radius 2 is 1.26 bits per heavy atom. The molecule has 0 atom stereocenters. The van der Waals surface area contributed by atoms with Gasteiger partial charge in [-0.1, -0.05) is 0 Å². The quantitative estimate of drug-likeness (QED) is 0.286. The van der Waals surface area contributed by atoms with Crippen LogP contribution in [0.25, 0.3) is 0 Å². The van der Waals surface area contributed by atoms with Gasteiger partial charge in [0.15, 0.2) is 0 Å². The van der Waals surface area contributed by atoms with Crippen LogP contribution < -0.4 is 5.32 Å². The van der Waals surface area contributed by atoms with Crippen molar-refractivity contribution in [3.05, 3.63) is 21.1 Å². The number of phenols is 1. The Balaban J connectivity index is 0. The number of hydrogen-bond acceptors (Lipinski definition) is 4. The van der Waals surface area contributed by atoms with E-state index in [0.717, 1.165) is 5.69 Å². The predicted molar refractivity (Wildman–Crippen MR) is 77.1 cm³/mol. The van der Waals surface area contributed by atoms with Crippen LogP contribution >= 0.6 is 48.4 Å². The molecule has 0 amide bonds. The maximum atomic E-state index is 9.30. The zero-order chi connectivity index (χ0) is 15.6. The Bertz CT molecular complexity index is 402. The van der Waals surface area contributed by atoms with E-state index in [0.29, 0.717) is 8.95 Å². The van der Waals surface area contributed by atoms with Gasteiger partial charge in [0.25, 0.3) is 0 Å². The van der Waals surface area contributed by atoms with Gasteiger partial charge in [0.2, 0.25) is 0 Å². The molecule has 0 radical (unpaired) electrons. The standard InChI is InChI=1S/C7H7Br2NO.2HO3P/c1-10-4-2-5(8)7(11)6(9)3-4;2*1-4(2)3/h2-3,10-11H,1H3;2*(H-,1,2,3)/p+2. The fourth-order valence-corrected chi connectivity index (χ4v) is 1.90. The minimum Gasteiger partial charge on any atom is -0.506 e. The zero-order valence-electron chi connectivity index (χ0n) is 9.36. The van der Waals surface area contributed by atoms with Crippen molar-refractivity contribution in [3.8, 4) is 5.75 Å². The maximum absolute atomic E-state index is 9.30. The summed E-state index contributed by atoms with van der Waals surface area (Å²) >= 11 is 6.44. The first-order valence-electron chi connectivity index (χ1n) is 4.17. The van der Waals surface area contributed by atoms with Crippen LogP contribution in [-0.2, 0) is 9.13 Å². The molecule has 0 aliphatic heterocycles. The van der Waals surface area contributed by atoms with Gasteiger partial charge in [0.1, 0.15) is 5.75 Å². The van der Waals surface area contributed by atoms with E-state index in [1.807, 2.05) is 7.05 Å². The SMILES string of the molecule is CNc1cc(Br)c(O)c(Br)c1.O=[P+](O)O.O=[P+](O)O. The summed E-state index contributed by atoms with van der Waals surface area (Å²) in [6, 6.07) is 3.61. The van der Waals surface area contributed by atoms with Crippen molar-refractivity contribution in [3.63, 3.8) is 0 Å². The summed E-state index contributed by atoms with van der Waals surface area (Å²) in [4.78, 5) is 28.5. The van der Waals surface area contributed by atoms with Gasteiger partial charge in [0, 0.05) is 21.9 Å². The predicted octanol–water partition coefficient (Wildman–Crippen LogP) is 2.22. The Morgan fingerprint density at radius 3 is 1.47 bits per heavy atom. The van der Waals surface area contributed by atoms with Crippen molar-refractivity contribution >= 4 is 54.1 Å². The molecular formula is C7H11Br2NO7P2+2. The Morgan fingerprint density at radius 1 is 1.00 bits per heavy atom. The third kappa shape index (κ3) is 14.0. The van der Waals surface area contributed by atoms with E-state index in [2.05, 4.69) is 37.2 Å². The van der Waals surface area contributed by atoms with Crippen molar-refractivity contribution in [1.29, 1.82) is 0 Å². The van der Waals surface area contributed by atoms with Gasteiger partial charge in [0.05, 0.1) is 8.95 Å². The molecule has 0 aromatic heterocycles. The van der Waals surface area contributed by atoms with E-state index in [1.165, 1.54) is 0 Å². The summed E-state index contributed by atoms with van der Waals surface area (Å²) in [6.45, 7) is 0. The fraction of sp³-hybridized carbons (Fsp3) is 0.143. The van der Waals surface area contributed by atoms with E-state index < -0.39 is 16.5 Å². The van der Waals surface area contributed by atoms with Crippen molar-refractivity contribution in [2.45, 2.75) is 0 Å². The monoisotopic (exact) mass is 441 g/mol. The molecule has 0 aliphatic carbocycles. The largest absolute Gasteiger partial charge is 0.692 e. The molecule has 6 N–H and O–H groups in total. The van der Waals surface area contributed by atoms with Crippen LogP contribution in [0, 0.1) is 0 Å². The van der Waals surface area contributed by atoms with Crippen molar-refractivity contribution in [2.75, 3.05) is 12.4 Å². The number of rotatable bonds is 1. The van der Waals surface area contributed by atoms with Crippen molar-refractivity contribution in [2.24, 2.45) is 0 Å². The molecular weight excluding hydrogens is 432 g/mol. The van der Waals surface area contributed by atoms with Crippen molar-refractivity contribution < 1.29 is 33.8 Å². The number of hydrogen-bond donors (Lipinski definition) is 6. The van der Waals surface area contributed by atoms with Crippen LogP contribution in [0.3, 0.4) is 0 Å². The summed E-state index contributed by atoms with van der Waals surface area (Å²) in [5, 5.41) is 12.3. The highest BCUT2D eigenvalue weighted by molar-refractivity contribution is 9.11. The lowest BCUT2D eigenvalue weighted by atomic mass is 10.3. The van der Waals surface area contributed by atoms with Crippen LogP contribution in [0.15, 0.2) is 21.1 Å². The number of anilines is 1. The highest BCUT2D eigenvalue weighted by Crippen LogP contribution is 2.34. The number of benzene rings is 1. The van der Waals surface area contributed by atoms with Gasteiger partial charge in [-0.15, -0.1) is 19.6 Å². The second-order valence-corrected chi connectivity index (χ2v) is 5.26. The summed E-state index contributed by atoms with van der Waals surface area (Å²) < 4.78 is 18.8. The molecule has 0 saturated carbocycles. The topological polar surface area (TPSA) is 147 Å². The summed E-state index contributed by atoms with van der Waals surface area (Å²) in [6.07, 6.45) is 0. The number of phenolic OH excluding ortho intramolecular Hbond substituents is 1. The Labute approximate surface area is 127 Å². The van der Waals surface area contributed by atoms with Gasteiger partial charge < -0.3 is 10.4 Å². The molecule has 0 unspecified atom stereocenters. The first-order chi connectivity index (χ1) is 8.61. The maximum Gasteiger partial charge on any atom is 0.692 e. The lowest BCUT2D eigenvalue weighted by Gasteiger charge is -2.04. The molecule has 108 valence electrons. The van der Waals surface area contributed by atoms with Gasteiger partial charge in [-0.05, 0) is 44.0 Å².